The van der Waals surface area contributed by atoms with Gasteiger partial charge in [0.15, 0.2) is 0 Å². The van der Waals surface area contributed by atoms with E-state index in [1.807, 2.05) is 4.72 Å². The number of hydrogen-bond acceptors (Lipinski definition) is 6. The Hall–Kier alpha value is -1.00. The van der Waals surface area contributed by atoms with E-state index in [0.717, 1.165) is 7.11 Å². The van der Waals surface area contributed by atoms with Crippen molar-refractivity contribution in [1.29, 1.82) is 0 Å². The van der Waals surface area contributed by atoms with E-state index >= 15 is 0 Å². The lowest BCUT2D eigenvalue weighted by Crippen LogP contribution is -2.48. The molecule has 0 unspecified atom stereocenters. The van der Waals surface area contributed by atoms with Crippen LogP contribution in [0.4, 0.5) is 4.79 Å². The molecule has 0 aliphatic rings. The summed E-state index contributed by atoms with van der Waals surface area (Å²) in [6, 6.07) is -1.29. The molecule has 0 saturated heterocycles. The maximum atomic E-state index is 11.3. The molecular formula is C7H14N2O6S2. The Kier molecular flexibility index (Phi) is 6.92. The first-order valence-corrected chi connectivity index (χ1v) is 7.30. The van der Waals surface area contributed by atoms with Gasteiger partial charge in [0, 0.05) is 0 Å². The third-order valence-electron chi connectivity index (χ3n) is 1.61. The van der Waals surface area contributed by atoms with Crippen molar-refractivity contribution in [2.24, 2.45) is 0 Å². The molecule has 17 heavy (non-hydrogen) atoms. The van der Waals surface area contributed by atoms with Crippen LogP contribution in [-0.2, 0) is 19.7 Å². The van der Waals surface area contributed by atoms with Crippen molar-refractivity contribution in [3.63, 3.8) is 0 Å². The van der Waals surface area contributed by atoms with E-state index < -0.39 is 28.3 Å². The normalized spacial score (nSPS) is 12.8. The molecule has 0 radical (unpaired) electrons. The largest absolute Gasteiger partial charge is 0.480 e. The van der Waals surface area contributed by atoms with Crippen molar-refractivity contribution in [3.05, 3.63) is 0 Å². The number of amides is 1. The van der Waals surface area contributed by atoms with Crippen molar-refractivity contribution in [1.82, 2.24) is 9.44 Å². The predicted molar refractivity (Wildman–Crippen MR) is 62.0 cm³/mol. The van der Waals surface area contributed by atoms with Gasteiger partial charge >= 0.3 is 22.3 Å². The van der Waals surface area contributed by atoms with Crippen LogP contribution in [0.1, 0.15) is 6.42 Å². The van der Waals surface area contributed by atoms with E-state index in [-0.39, 0.29) is 6.42 Å². The van der Waals surface area contributed by atoms with Crippen molar-refractivity contribution in [2.75, 3.05) is 19.1 Å². The molecule has 1 amide bonds. The number of hydrogen-bond donors (Lipinski definition) is 3. The average Bonchev–Trinajstić information content (AvgIpc) is 2.22. The molecule has 3 N–H and O–H groups in total. The summed E-state index contributed by atoms with van der Waals surface area (Å²) in [5, 5.41) is 8.77. The minimum atomic E-state index is -4.23. The van der Waals surface area contributed by atoms with Crippen molar-refractivity contribution in [3.8, 4) is 0 Å². The molecule has 0 bridgehead atoms. The van der Waals surface area contributed by atoms with Gasteiger partial charge in [-0.25, -0.2) is 9.52 Å². The molecule has 0 heterocycles. The van der Waals surface area contributed by atoms with Gasteiger partial charge in [-0.05, 0) is 18.4 Å². The fourth-order valence-corrected chi connectivity index (χ4v) is 2.26. The summed E-state index contributed by atoms with van der Waals surface area (Å²) in [5.41, 5.74) is 0. The fraction of sp³-hybridized carbons (Fsp3) is 0.714. The Labute approximate surface area is 103 Å². The zero-order chi connectivity index (χ0) is 13.5. The maximum absolute atomic E-state index is 11.3. The van der Waals surface area contributed by atoms with Crippen molar-refractivity contribution < 1.29 is 27.9 Å². The van der Waals surface area contributed by atoms with Crippen LogP contribution in [0.15, 0.2) is 0 Å². The third kappa shape index (κ3) is 7.02. The molecule has 0 aliphatic carbocycles. The Morgan fingerprint density at radius 3 is 2.47 bits per heavy atom. The summed E-state index contributed by atoms with van der Waals surface area (Å²) in [4.78, 5) is 21.4. The van der Waals surface area contributed by atoms with Gasteiger partial charge in [0.2, 0.25) is 0 Å². The standard InChI is InChI=1S/C7H14N2O6S2/c1-15-7(12)9-17(13,14)8-5(6(10)11)3-4-16-2/h5,8H,3-4H2,1-2H3,(H,9,12)(H,10,11)/t5-/m0/s1. The van der Waals surface area contributed by atoms with Gasteiger partial charge in [0.05, 0.1) is 7.11 Å². The Morgan fingerprint density at radius 1 is 1.47 bits per heavy atom. The van der Waals surface area contributed by atoms with Crippen LogP contribution in [0.3, 0.4) is 0 Å². The topological polar surface area (TPSA) is 122 Å². The first kappa shape index (κ1) is 16.0. The molecule has 1 atom stereocenters. The summed E-state index contributed by atoms with van der Waals surface area (Å²) >= 11 is 1.38. The van der Waals surface area contributed by atoms with Crippen LogP contribution in [0.5, 0.6) is 0 Å². The number of carbonyl (C=O) groups is 2. The maximum Gasteiger partial charge on any atom is 0.421 e. The Bertz CT molecular complexity index is 369. The van der Waals surface area contributed by atoms with E-state index in [9.17, 15) is 18.0 Å². The number of carboxylic acids is 1. The summed E-state index contributed by atoms with van der Waals surface area (Å²) in [5.74, 6) is -0.841. The number of ether oxygens (including phenoxy) is 1. The Balaban J connectivity index is 4.52. The predicted octanol–water partition coefficient (Wildman–Crippen LogP) is -0.617. The highest BCUT2D eigenvalue weighted by molar-refractivity contribution is 7.98. The van der Waals surface area contributed by atoms with E-state index in [2.05, 4.69) is 4.74 Å². The minimum absolute atomic E-state index is 0.110. The van der Waals surface area contributed by atoms with E-state index in [0.29, 0.717) is 5.75 Å². The molecule has 100 valence electrons. The van der Waals surface area contributed by atoms with Crippen LogP contribution >= 0.6 is 11.8 Å². The van der Waals surface area contributed by atoms with Gasteiger partial charge in [-0.15, -0.1) is 0 Å². The smallest absolute Gasteiger partial charge is 0.421 e. The molecular weight excluding hydrogens is 272 g/mol. The lowest BCUT2D eigenvalue weighted by atomic mass is 10.2. The first-order valence-electron chi connectivity index (χ1n) is 4.42. The van der Waals surface area contributed by atoms with Gasteiger partial charge in [-0.1, -0.05) is 0 Å². The van der Waals surface area contributed by atoms with Crippen LogP contribution < -0.4 is 9.44 Å². The number of carboxylic acid groups (broad SMARTS) is 1. The van der Waals surface area contributed by atoms with Crippen LogP contribution in [-0.4, -0.2) is 50.7 Å². The summed E-state index contributed by atoms with van der Waals surface area (Å²) < 4.78 is 30.0. The molecule has 10 heteroatoms. The van der Waals surface area contributed by atoms with Gasteiger partial charge in [-0.2, -0.15) is 24.9 Å². The van der Waals surface area contributed by atoms with Gasteiger partial charge in [0.1, 0.15) is 6.04 Å². The number of methoxy groups -OCH3 is 1. The summed E-state index contributed by atoms with van der Waals surface area (Å²) in [6.45, 7) is 0. The molecule has 0 aromatic carbocycles. The van der Waals surface area contributed by atoms with E-state index in [4.69, 9.17) is 5.11 Å². The Morgan fingerprint density at radius 2 is 2.06 bits per heavy atom. The molecule has 0 fully saturated rings. The average molecular weight is 286 g/mol. The van der Waals surface area contributed by atoms with Crippen LogP contribution in [0, 0.1) is 0 Å². The first-order chi connectivity index (χ1) is 7.82. The van der Waals surface area contributed by atoms with Gasteiger partial charge in [-0.3, -0.25) is 4.79 Å². The monoisotopic (exact) mass is 286 g/mol. The molecule has 0 aromatic heterocycles. The molecule has 0 spiro atoms. The van der Waals surface area contributed by atoms with Crippen molar-refractivity contribution >= 4 is 34.0 Å². The number of thioether (sulfide) groups is 1. The summed E-state index contributed by atoms with van der Waals surface area (Å²) in [7, 11) is -3.24. The van der Waals surface area contributed by atoms with E-state index in [1.54, 1.807) is 6.26 Å². The van der Waals surface area contributed by atoms with Gasteiger partial charge < -0.3 is 9.84 Å². The second kappa shape index (κ2) is 7.35. The number of rotatable bonds is 7. The highest BCUT2D eigenvalue weighted by atomic mass is 32.2. The molecule has 0 aliphatic heterocycles. The zero-order valence-electron chi connectivity index (χ0n) is 9.30. The fourth-order valence-electron chi connectivity index (χ4n) is 0.837. The summed E-state index contributed by atoms with van der Waals surface area (Å²) in [6.07, 6.45) is 0.685. The molecule has 0 rings (SSSR count). The third-order valence-corrected chi connectivity index (χ3v) is 3.28. The molecule has 8 nitrogen and oxygen atoms in total. The lowest BCUT2D eigenvalue weighted by molar-refractivity contribution is -0.139. The number of carbonyl (C=O) groups excluding carboxylic acids is 1. The number of aliphatic carboxylic acids is 1. The van der Waals surface area contributed by atoms with Crippen LogP contribution in [0.25, 0.3) is 0 Å². The zero-order valence-corrected chi connectivity index (χ0v) is 10.9. The molecule has 0 saturated carbocycles. The van der Waals surface area contributed by atoms with Crippen molar-refractivity contribution in [2.45, 2.75) is 12.5 Å². The second-order valence-corrected chi connectivity index (χ2v) is 5.32. The quantitative estimate of drug-likeness (QED) is 0.570. The minimum Gasteiger partial charge on any atom is -0.480 e. The van der Waals surface area contributed by atoms with E-state index in [1.165, 1.54) is 16.5 Å². The van der Waals surface area contributed by atoms with Crippen LogP contribution in [0.2, 0.25) is 0 Å². The SMILES string of the molecule is COC(=O)NS(=O)(=O)N[C@@H](CCSC)C(=O)O. The number of nitrogens with one attached hydrogen (secondary N) is 2. The molecule has 0 aromatic rings. The highest BCUT2D eigenvalue weighted by Gasteiger charge is 2.24. The second-order valence-electron chi connectivity index (χ2n) is 2.89. The highest BCUT2D eigenvalue weighted by Crippen LogP contribution is 2.02. The van der Waals surface area contributed by atoms with Gasteiger partial charge in [0.25, 0.3) is 0 Å². The lowest BCUT2D eigenvalue weighted by Gasteiger charge is -2.14.